The van der Waals surface area contributed by atoms with Crippen molar-refractivity contribution in [3.05, 3.63) is 29.8 Å². The molecular formula is C14H22N2O. The van der Waals surface area contributed by atoms with E-state index in [4.69, 9.17) is 5.73 Å². The van der Waals surface area contributed by atoms with Gasteiger partial charge in [-0.1, -0.05) is 25.5 Å². The van der Waals surface area contributed by atoms with E-state index in [1.54, 1.807) is 0 Å². The molecule has 1 unspecified atom stereocenters. The van der Waals surface area contributed by atoms with Gasteiger partial charge in [0.2, 0.25) is 5.91 Å². The number of hydrogen-bond donors (Lipinski definition) is 1. The summed E-state index contributed by atoms with van der Waals surface area (Å²) in [6.07, 6.45) is 2.59. The molecule has 0 saturated heterocycles. The molecule has 17 heavy (non-hydrogen) atoms. The van der Waals surface area contributed by atoms with Crippen LogP contribution in [0.25, 0.3) is 0 Å². The van der Waals surface area contributed by atoms with E-state index in [0.29, 0.717) is 12.5 Å². The van der Waals surface area contributed by atoms with Crippen molar-refractivity contribution >= 4 is 11.6 Å². The number of nitrogens with two attached hydrogens (primary N) is 1. The van der Waals surface area contributed by atoms with Crippen molar-refractivity contribution in [1.29, 1.82) is 0 Å². The highest BCUT2D eigenvalue weighted by Crippen LogP contribution is 2.10. The minimum Gasteiger partial charge on any atom is -0.399 e. The lowest BCUT2D eigenvalue weighted by molar-refractivity contribution is -0.131. The van der Waals surface area contributed by atoms with Crippen molar-refractivity contribution < 1.29 is 4.79 Å². The van der Waals surface area contributed by atoms with Gasteiger partial charge in [-0.15, -0.1) is 0 Å². The van der Waals surface area contributed by atoms with Crippen LogP contribution in [0.15, 0.2) is 24.3 Å². The third-order valence-electron chi connectivity index (χ3n) is 3.10. The second-order valence-electron chi connectivity index (χ2n) is 4.56. The molecule has 1 aromatic carbocycles. The van der Waals surface area contributed by atoms with Crippen LogP contribution in [0.4, 0.5) is 5.69 Å². The van der Waals surface area contributed by atoms with Crippen molar-refractivity contribution in [1.82, 2.24) is 4.90 Å². The highest BCUT2D eigenvalue weighted by molar-refractivity contribution is 5.78. The van der Waals surface area contributed by atoms with Gasteiger partial charge in [0.05, 0.1) is 6.42 Å². The van der Waals surface area contributed by atoms with Crippen molar-refractivity contribution in [3.8, 4) is 0 Å². The Morgan fingerprint density at radius 1 is 1.35 bits per heavy atom. The van der Waals surface area contributed by atoms with E-state index in [9.17, 15) is 4.79 Å². The van der Waals surface area contributed by atoms with Gasteiger partial charge in [-0.2, -0.15) is 0 Å². The molecule has 0 bridgehead atoms. The summed E-state index contributed by atoms with van der Waals surface area (Å²) in [7, 11) is 1.87. The summed E-state index contributed by atoms with van der Waals surface area (Å²) < 4.78 is 0. The maximum Gasteiger partial charge on any atom is 0.226 e. The third kappa shape index (κ3) is 4.10. The lowest BCUT2D eigenvalue weighted by Crippen LogP contribution is -2.35. The number of likely N-dealkylation sites (N-methyl/N-ethyl adjacent to an activating group) is 1. The number of rotatable bonds is 5. The molecule has 1 aromatic rings. The average molecular weight is 234 g/mol. The van der Waals surface area contributed by atoms with Crippen LogP contribution in [-0.4, -0.2) is 23.9 Å². The zero-order valence-electron chi connectivity index (χ0n) is 10.9. The maximum absolute atomic E-state index is 12.0. The summed E-state index contributed by atoms with van der Waals surface area (Å²) in [4.78, 5) is 13.8. The fraction of sp³-hybridized carbons (Fsp3) is 0.500. The summed E-state index contributed by atoms with van der Waals surface area (Å²) in [6, 6.07) is 7.79. The normalized spacial score (nSPS) is 12.2. The van der Waals surface area contributed by atoms with E-state index < -0.39 is 0 Å². The van der Waals surface area contributed by atoms with E-state index in [2.05, 4.69) is 13.8 Å². The van der Waals surface area contributed by atoms with Gasteiger partial charge in [0.1, 0.15) is 0 Å². The minimum atomic E-state index is 0.163. The number of benzene rings is 1. The van der Waals surface area contributed by atoms with Crippen LogP contribution in [0, 0.1) is 0 Å². The van der Waals surface area contributed by atoms with E-state index >= 15 is 0 Å². The molecule has 1 rings (SSSR count). The van der Waals surface area contributed by atoms with Gasteiger partial charge in [0, 0.05) is 18.8 Å². The molecule has 3 heteroatoms. The SMILES string of the molecule is CCCC(C)N(C)C(=O)Cc1ccc(N)cc1. The Labute approximate surface area is 104 Å². The van der Waals surface area contributed by atoms with Crippen LogP contribution in [0.2, 0.25) is 0 Å². The molecule has 0 aromatic heterocycles. The molecule has 0 fully saturated rings. The molecule has 0 saturated carbocycles. The van der Waals surface area contributed by atoms with E-state index in [1.807, 2.05) is 36.2 Å². The van der Waals surface area contributed by atoms with Crippen LogP contribution < -0.4 is 5.73 Å². The summed E-state index contributed by atoms with van der Waals surface area (Å²) in [5.74, 6) is 0.163. The summed E-state index contributed by atoms with van der Waals surface area (Å²) >= 11 is 0. The summed E-state index contributed by atoms with van der Waals surface area (Å²) in [5.41, 5.74) is 7.35. The van der Waals surface area contributed by atoms with Crippen LogP contribution >= 0.6 is 0 Å². The predicted octanol–water partition coefficient (Wildman–Crippen LogP) is 2.46. The predicted molar refractivity (Wildman–Crippen MR) is 71.7 cm³/mol. The van der Waals surface area contributed by atoms with Crippen molar-refractivity contribution in [2.24, 2.45) is 0 Å². The van der Waals surface area contributed by atoms with Crippen LogP contribution in [0.5, 0.6) is 0 Å². The molecular weight excluding hydrogens is 212 g/mol. The molecule has 0 aliphatic rings. The first-order chi connectivity index (χ1) is 8.04. The van der Waals surface area contributed by atoms with Gasteiger partial charge in [-0.3, -0.25) is 4.79 Å². The molecule has 1 atom stereocenters. The molecule has 0 heterocycles. The van der Waals surface area contributed by atoms with Gasteiger partial charge >= 0.3 is 0 Å². The number of hydrogen-bond acceptors (Lipinski definition) is 2. The Bertz CT molecular complexity index is 359. The Hall–Kier alpha value is -1.51. The molecule has 0 aliphatic carbocycles. The smallest absolute Gasteiger partial charge is 0.226 e. The number of nitrogens with zero attached hydrogens (tertiary/aromatic N) is 1. The monoisotopic (exact) mass is 234 g/mol. The topological polar surface area (TPSA) is 46.3 Å². The summed E-state index contributed by atoms with van der Waals surface area (Å²) in [5, 5.41) is 0. The van der Waals surface area contributed by atoms with E-state index in [-0.39, 0.29) is 5.91 Å². The van der Waals surface area contributed by atoms with E-state index in [0.717, 1.165) is 24.1 Å². The fourth-order valence-electron chi connectivity index (χ4n) is 1.79. The highest BCUT2D eigenvalue weighted by atomic mass is 16.2. The Kier molecular flexibility index (Phi) is 5.01. The average Bonchev–Trinajstić information content (AvgIpc) is 2.31. The maximum atomic E-state index is 12.0. The molecule has 94 valence electrons. The largest absolute Gasteiger partial charge is 0.399 e. The lowest BCUT2D eigenvalue weighted by atomic mass is 10.1. The Morgan fingerprint density at radius 3 is 2.47 bits per heavy atom. The zero-order chi connectivity index (χ0) is 12.8. The van der Waals surface area contributed by atoms with Crippen LogP contribution in [0.3, 0.4) is 0 Å². The molecule has 0 aliphatic heterocycles. The van der Waals surface area contributed by atoms with Crippen molar-refractivity contribution in [2.45, 2.75) is 39.2 Å². The number of anilines is 1. The number of nitrogen functional groups attached to an aromatic ring is 1. The first-order valence-electron chi connectivity index (χ1n) is 6.14. The van der Waals surface area contributed by atoms with Crippen LogP contribution in [0.1, 0.15) is 32.3 Å². The number of carbonyl (C=O) groups excluding carboxylic acids is 1. The molecule has 1 amide bonds. The first kappa shape index (κ1) is 13.6. The number of amides is 1. The lowest BCUT2D eigenvalue weighted by Gasteiger charge is -2.24. The van der Waals surface area contributed by atoms with Gasteiger partial charge in [0.15, 0.2) is 0 Å². The first-order valence-corrected chi connectivity index (χ1v) is 6.14. The Morgan fingerprint density at radius 2 is 1.94 bits per heavy atom. The highest BCUT2D eigenvalue weighted by Gasteiger charge is 2.14. The second-order valence-corrected chi connectivity index (χ2v) is 4.56. The van der Waals surface area contributed by atoms with Crippen LogP contribution in [-0.2, 0) is 11.2 Å². The minimum absolute atomic E-state index is 0.163. The van der Waals surface area contributed by atoms with Crippen molar-refractivity contribution in [2.75, 3.05) is 12.8 Å². The van der Waals surface area contributed by atoms with Gasteiger partial charge in [-0.25, -0.2) is 0 Å². The Balaban J connectivity index is 2.56. The molecule has 0 spiro atoms. The number of carbonyl (C=O) groups is 1. The van der Waals surface area contributed by atoms with Gasteiger partial charge < -0.3 is 10.6 Å². The molecule has 2 N–H and O–H groups in total. The molecule has 0 radical (unpaired) electrons. The standard InChI is InChI=1S/C14H22N2O/c1-4-5-11(2)16(3)14(17)10-12-6-8-13(15)9-7-12/h6-9,11H,4-5,10,15H2,1-3H3. The van der Waals surface area contributed by atoms with Gasteiger partial charge in [0.25, 0.3) is 0 Å². The quantitative estimate of drug-likeness (QED) is 0.795. The summed E-state index contributed by atoms with van der Waals surface area (Å²) in [6.45, 7) is 4.22. The second kappa shape index (κ2) is 6.28. The fourth-order valence-corrected chi connectivity index (χ4v) is 1.79. The van der Waals surface area contributed by atoms with E-state index in [1.165, 1.54) is 0 Å². The van der Waals surface area contributed by atoms with Crippen molar-refractivity contribution in [3.63, 3.8) is 0 Å². The molecule has 3 nitrogen and oxygen atoms in total. The third-order valence-corrected chi connectivity index (χ3v) is 3.10. The zero-order valence-corrected chi connectivity index (χ0v) is 10.9. The van der Waals surface area contributed by atoms with Gasteiger partial charge in [-0.05, 0) is 31.0 Å².